The standard InChI is InChI=1S/C64H117O11P/c1-4-7-10-13-16-19-22-25-27-29-30-32-33-36-38-41-44-47-50-53-62(66)71-57-61(75-64(68)55-52-49-46-43-40-37-34-31-28-26-23-20-17-14-11-8-5-2)59-73-76(69,70)72-58-60(56-65)74-63(67)54-51-48-45-42-39-35-24-21-18-15-12-9-6-3/h12,15,21,24-28,60-61,65H,4-11,13-14,16-20,22-23,29-59H2,1-3H3,(H,69,70)/b15-12-,24-21-,27-25-,28-26-. The monoisotopic (exact) mass is 1090 g/mol. The van der Waals surface area contributed by atoms with Crippen LogP contribution >= 0.6 is 7.82 Å². The number of unbranched alkanes of at least 4 members (excludes halogenated alkanes) is 34. The molecule has 0 bridgehead atoms. The third-order valence-corrected chi connectivity index (χ3v) is 14.6. The Morgan fingerprint density at radius 2 is 0.671 bits per heavy atom. The molecule has 3 unspecified atom stereocenters. The molecule has 0 aliphatic carbocycles. The Morgan fingerprint density at radius 3 is 1.04 bits per heavy atom. The molecule has 2 N–H and O–H groups in total. The number of aliphatic hydroxyl groups is 1. The highest BCUT2D eigenvalue weighted by Gasteiger charge is 2.28. The third-order valence-electron chi connectivity index (χ3n) is 13.7. The number of phosphoric ester groups is 1. The maximum atomic E-state index is 12.9. The van der Waals surface area contributed by atoms with Crippen LogP contribution in [0.15, 0.2) is 48.6 Å². The van der Waals surface area contributed by atoms with Crippen LogP contribution in [0.3, 0.4) is 0 Å². The Bertz CT molecular complexity index is 1460. The lowest BCUT2D eigenvalue weighted by atomic mass is 10.1. The molecule has 0 aromatic rings. The number of carbonyl (C=O) groups is 3. The van der Waals surface area contributed by atoms with Crippen LogP contribution in [0.5, 0.6) is 0 Å². The van der Waals surface area contributed by atoms with Gasteiger partial charge in [0.25, 0.3) is 0 Å². The van der Waals surface area contributed by atoms with Gasteiger partial charge in [-0.3, -0.25) is 23.4 Å². The van der Waals surface area contributed by atoms with Gasteiger partial charge in [0.05, 0.1) is 19.8 Å². The summed E-state index contributed by atoms with van der Waals surface area (Å²) < 4.78 is 39.6. The predicted molar refractivity (Wildman–Crippen MR) is 316 cm³/mol. The lowest BCUT2D eigenvalue weighted by Gasteiger charge is -2.21. The van der Waals surface area contributed by atoms with E-state index in [2.05, 4.69) is 69.4 Å². The van der Waals surface area contributed by atoms with Crippen LogP contribution in [-0.4, -0.2) is 66.5 Å². The van der Waals surface area contributed by atoms with E-state index >= 15 is 0 Å². The van der Waals surface area contributed by atoms with Crippen molar-refractivity contribution in [2.24, 2.45) is 0 Å². The SMILES string of the molecule is CCC/C=C\C/C=C\CCCCCCCC(=O)OC(CO)COP(=O)(O)OCC(COC(=O)CCCCCCCCCCC/C=C\CCCCCCCC)OC(=O)CCCCCCCCC/C=C\CCCCCCCC. The topological polar surface area (TPSA) is 155 Å². The lowest BCUT2D eigenvalue weighted by Crippen LogP contribution is -2.30. The first-order valence-corrected chi connectivity index (χ1v) is 33.0. The summed E-state index contributed by atoms with van der Waals surface area (Å²) >= 11 is 0. The summed E-state index contributed by atoms with van der Waals surface area (Å²) in [5.41, 5.74) is 0. The first kappa shape index (κ1) is 73.4. The highest BCUT2D eigenvalue weighted by atomic mass is 31.2. The smallest absolute Gasteiger partial charge is 0.462 e. The zero-order chi connectivity index (χ0) is 55.5. The van der Waals surface area contributed by atoms with Crippen molar-refractivity contribution in [1.29, 1.82) is 0 Å². The Hall–Kier alpha value is -2.56. The van der Waals surface area contributed by atoms with E-state index < -0.39 is 57.8 Å². The maximum absolute atomic E-state index is 12.9. The van der Waals surface area contributed by atoms with Crippen LogP contribution in [0.1, 0.15) is 303 Å². The molecule has 0 amide bonds. The maximum Gasteiger partial charge on any atom is 0.472 e. The number of aliphatic hydroxyl groups excluding tert-OH is 1. The predicted octanol–water partition coefficient (Wildman–Crippen LogP) is 18.9. The van der Waals surface area contributed by atoms with Gasteiger partial charge in [-0.15, -0.1) is 0 Å². The van der Waals surface area contributed by atoms with Gasteiger partial charge in [-0.05, 0) is 96.3 Å². The average Bonchev–Trinajstić information content (AvgIpc) is 3.41. The molecule has 0 saturated heterocycles. The van der Waals surface area contributed by atoms with E-state index in [-0.39, 0.29) is 25.9 Å². The highest BCUT2D eigenvalue weighted by molar-refractivity contribution is 7.47. The van der Waals surface area contributed by atoms with Gasteiger partial charge in [-0.1, -0.05) is 236 Å². The van der Waals surface area contributed by atoms with Gasteiger partial charge in [0, 0.05) is 19.3 Å². The highest BCUT2D eigenvalue weighted by Crippen LogP contribution is 2.43. The molecular weight excluding hydrogens is 976 g/mol. The van der Waals surface area contributed by atoms with Crippen molar-refractivity contribution in [3.05, 3.63) is 48.6 Å². The number of phosphoric acid groups is 1. The van der Waals surface area contributed by atoms with Gasteiger partial charge in [-0.25, -0.2) is 4.57 Å². The molecule has 0 saturated carbocycles. The molecule has 0 aromatic carbocycles. The molecule has 0 spiro atoms. The van der Waals surface area contributed by atoms with Crippen LogP contribution in [0, 0.1) is 0 Å². The molecule has 0 rings (SSSR count). The van der Waals surface area contributed by atoms with E-state index in [9.17, 15) is 28.9 Å². The van der Waals surface area contributed by atoms with Crippen LogP contribution in [0.4, 0.5) is 0 Å². The molecule has 0 aliphatic heterocycles. The Kier molecular flexibility index (Phi) is 56.6. The van der Waals surface area contributed by atoms with E-state index in [0.29, 0.717) is 19.3 Å². The fourth-order valence-electron chi connectivity index (χ4n) is 8.86. The van der Waals surface area contributed by atoms with Crippen molar-refractivity contribution in [2.45, 2.75) is 315 Å². The summed E-state index contributed by atoms with van der Waals surface area (Å²) in [4.78, 5) is 48.7. The largest absolute Gasteiger partial charge is 0.472 e. The zero-order valence-corrected chi connectivity index (χ0v) is 50.1. The van der Waals surface area contributed by atoms with Crippen molar-refractivity contribution in [3.8, 4) is 0 Å². The molecule has 3 atom stereocenters. The molecule has 0 radical (unpaired) electrons. The van der Waals surface area contributed by atoms with E-state index in [1.54, 1.807) is 0 Å². The second kappa shape index (κ2) is 58.6. The quantitative estimate of drug-likeness (QED) is 0.0197. The second-order valence-corrected chi connectivity index (χ2v) is 22.7. The Morgan fingerprint density at radius 1 is 0.368 bits per heavy atom. The fourth-order valence-corrected chi connectivity index (χ4v) is 9.64. The number of ether oxygens (including phenoxy) is 3. The molecule has 0 fully saturated rings. The second-order valence-electron chi connectivity index (χ2n) is 21.2. The third kappa shape index (κ3) is 56.2. The number of hydrogen-bond donors (Lipinski definition) is 2. The van der Waals surface area contributed by atoms with Crippen LogP contribution in [0.2, 0.25) is 0 Å². The Balaban J connectivity index is 4.70. The minimum absolute atomic E-state index is 0.162. The van der Waals surface area contributed by atoms with Gasteiger partial charge in [-0.2, -0.15) is 0 Å². The summed E-state index contributed by atoms with van der Waals surface area (Å²) in [6.45, 7) is 4.60. The number of hydrogen-bond acceptors (Lipinski definition) is 10. The summed E-state index contributed by atoms with van der Waals surface area (Å²) in [7, 11) is -4.75. The lowest BCUT2D eigenvalue weighted by molar-refractivity contribution is -0.161. The molecule has 0 aromatic heterocycles. The summed E-state index contributed by atoms with van der Waals surface area (Å²) in [5, 5.41) is 9.82. The number of allylic oxidation sites excluding steroid dienone is 8. The van der Waals surface area contributed by atoms with Gasteiger partial charge < -0.3 is 24.2 Å². The number of esters is 3. The average molecular weight is 1090 g/mol. The van der Waals surface area contributed by atoms with E-state index in [4.69, 9.17) is 23.3 Å². The van der Waals surface area contributed by atoms with E-state index in [1.165, 1.54) is 154 Å². The zero-order valence-electron chi connectivity index (χ0n) is 49.2. The van der Waals surface area contributed by atoms with E-state index in [0.717, 1.165) is 89.9 Å². The van der Waals surface area contributed by atoms with Crippen molar-refractivity contribution in [1.82, 2.24) is 0 Å². The van der Waals surface area contributed by atoms with Crippen LogP contribution in [0.25, 0.3) is 0 Å². The molecule has 0 aliphatic rings. The number of carbonyl (C=O) groups excluding carboxylic acids is 3. The first-order chi connectivity index (χ1) is 37.2. The van der Waals surface area contributed by atoms with Crippen molar-refractivity contribution < 1.29 is 52.2 Å². The summed E-state index contributed by atoms with van der Waals surface area (Å²) in [5.74, 6) is -1.47. The van der Waals surface area contributed by atoms with Gasteiger partial charge >= 0.3 is 25.7 Å². The minimum Gasteiger partial charge on any atom is -0.462 e. The molecule has 12 heteroatoms. The molecule has 0 heterocycles. The van der Waals surface area contributed by atoms with Gasteiger partial charge in [0.15, 0.2) is 6.10 Å². The number of rotatable bonds is 59. The van der Waals surface area contributed by atoms with E-state index in [1.807, 2.05) is 0 Å². The van der Waals surface area contributed by atoms with Crippen molar-refractivity contribution in [3.63, 3.8) is 0 Å². The molecule has 76 heavy (non-hydrogen) atoms. The van der Waals surface area contributed by atoms with Gasteiger partial charge in [0.2, 0.25) is 0 Å². The summed E-state index contributed by atoms with van der Waals surface area (Å²) in [6.07, 6.45) is 63.5. The van der Waals surface area contributed by atoms with Crippen molar-refractivity contribution >= 4 is 25.7 Å². The Labute approximate surface area is 466 Å². The fraction of sp³-hybridized carbons (Fsp3) is 0.828. The van der Waals surface area contributed by atoms with Crippen LogP contribution in [-0.2, 0) is 42.2 Å². The molecule has 11 nitrogen and oxygen atoms in total. The molecule has 444 valence electrons. The van der Waals surface area contributed by atoms with Gasteiger partial charge in [0.1, 0.15) is 12.7 Å². The normalized spacial score (nSPS) is 13.6. The summed E-state index contributed by atoms with van der Waals surface area (Å²) in [6, 6.07) is 0. The molecular formula is C64H117O11P. The van der Waals surface area contributed by atoms with Crippen molar-refractivity contribution in [2.75, 3.05) is 26.4 Å². The first-order valence-electron chi connectivity index (χ1n) is 31.5. The minimum atomic E-state index is -4.75. The van der Waals surface area contributed by atoms with Crippen LogP contribution < -0.4 is 0 Å².